The largest absolute Gasteiger partial charge is 0.0898 e. The highest BCUT2D eigenvalue weighted by molar-refractivity contribution is 6.29. The molecule has 0 bridgehead atoms. The highest BCUT2D eigenvalue weighted by Gasteiger charge is 1.91. The molecular weight excluding hydrogens is 180 g/mol. The van der Waals surface area contributed by atoms with Crippen LogP contribution in [0.3, 0.4) is 0 Å². The van der Waals surface area contributed by atoms with E-state index in [0.29, 0.717) is 0 Å². The second kappa shape index (κ2) is 7.88. The Hall–Kier alpha value is -0.750. The third-order valence-corrected chi connectivity index (χ3v) is 1.72. The Balaban J connectivity index is 0.000000671. The number of halogens is 1. The summed E-state index contributed by atoms with van der Waals surface area (Å²) in [7, 11) is 0. The van der Waals surface area contributed by atoms with E-state index in [1.807, 2.05) is 32.0 Å². The molecule has 0 amide bonds. The predicted octanol–water partition coefficient (Wildman–Crippen LogP) is 4.40. The summed E-state index contributed by atoms with van der Waals surface area (Å²) in [5.41, 5.74) is 1.31. The summed E-state index contributed by atoms with van der Waals surface area (Å²) in [6.45, 7) is 7.64. The highest BCUT2D eigenvalue weighted by Crippen LogP contribution is 2.09. The monoisotopic (exact) mass is 196 g/mol. The van der Waals surface area contributed by atoms with Gasteiger partial charge in [0.2, 0.25) is 0 Å². The van der Waals surface area contributed by atoms with Crippen LogP contribution in [-0.2, 0) is 6.42 Å². The lowest BCUT2D eigenvalue weighted by Crippen LogP contribution is -1.82. The van der Waals surface area contributed by atoms with Gasteiger partial charge in [-0.1, -0.05) is 62.4 Å². The zero-order chi connectivity index (χ0) is 10.1. The predicted molar refractivity (Wildman–Crippen MR) is 61.1 cm³/mol. The van der Waals surface area contributed by atoms with Crippen molar-refractivity contribution in [3.63, 3.8) is 0 Å². The topological polar surface area (TPSA) is 0 Å². The normalized spacial score (nSPS) is 8.54. The van der Waals surface area contributed by atoms with Crippen LogP contribution in [0.4, 0.5) is 0 Å². The van der Waals surface area contributed by atoms with Crippen LogP contribution in [-0.4, -0.2) is 0 Å². The van der Waals surface area contributed by atoms with Crippen LogP contribution in [0.2, 0.25) is 0 Å². The maximum Gasteiger partial charge on any atom is 0.0112 e. The Morgan fingerprint density at radius 2 is 1.77 bits per heavy atom. The molecule has 13 heavy (non-hydrogen) atoms. The van der Waals surface area contributed by atoms with Crippen molar-refractivity contribution in [1.82, 2.24) is 0 Å². The zero-order valence-electron chi connectivity index (χ0n) is 8.39. The van der Waals surface area contributed by atoms with Crippen LogP contribution >= 0.6 is 11.6 Å². The fourth-order valence-electron chi connectivity index (χ4n) is 0.925. The lowest BCUT2D eigenvalue weighted by atomic mass is 10.1. The standard InChI is InChI=1S/C10H11Cl.C2H6/c1-9(11)7-8-10-5-3-2-4-6-10;1-2/h2-6H,1,7-8H2;1-2H3. The van der Waals surface area contributed by atoms with Gasteiger partial charge in [-0.05, 0) is 18.4 Å². The fourth-order valence-corrected chi connectivity index (χ4v) is 1.02. The van der Waals surface area contributed by atoms with Gasteiger partial charge in [0.1, 0.15) is 0 Å². The average molecular weight is 197 g/mol. The van der Waals surface area contributed by atoms with Gasteiger partial charge in [-0.3, -0.25) is 0 Å². The van der Waals surface area contributed by atoms with E-state index in [4.69, 9.17) is 11.6 Å². The maximum absolute atomic E-state index is 5.63. The van der Waals surface area contributed by atoms with Crippen molar-refractivity contribution in [3.8, 4) is 0 Å². The minimum Gasteiger partial charge on any atom is -0.0898 e. The number of benzene rings is 1. The SMILES string of the molecule is C=C(Cl)CCc1ccccc1.CC. The second-order valence-corrected chi connectivity index (χ2v) is 3.04. The number of allylic oxidation sites excluding steroid dienone is 1. The number of hydrogen-bond acceptors (Lipinski definition) is 0. The maximum atomic E-state index is 5.63. The smallest absolute Gasteiger partial charge is 0.0112 e. The molecule has 0 atom stereocenters. The average Bonchev–Trinajstić information content (AvgIpc) is 2.19. The highest BCUT2D eigenvalue weighted by atomic mass is 35.5. The van der Waals surface area contributed by atoms with Crippen molar-refractivity contribution >= 4 is 11.6 Å². The molecule has 0 N–H and O–H groups in total. The van der Waals surface area contributed by atoms with Crippen LogP contribution in [0.25, 0.3) is 0 Å². The summed E-state index contributed by atoms with van der Waals surface area (Å²) in [4.78, 5) is 0. The molecule has 0 aliphatic carbocycles. The molecule has 1 heteroatoms. The Morgan fingerprint density at radius 3 is 2.23 bits per heavy atom. The summed E-state index contributed by atoms with van der Waals surface area (Å²) < 4.78 is 0. The van der Waals surface area contributed by atoms with Crippen LogP contribution < -0.4 is 0 Å². The first-order valence-corrected chi connectivity index (χ1v) is 5.04. The summed E-state index contributed by atoms with van der Waals surface area (Å²) in [6.07, 6.45) is 1.86. The van der Waals surface area contributed by atoms with Crippen LogP contribution in [0.1, 0.15) is 25.8 Å². The van der Waals surface area contributed by atoms with Crippen molar-refractivity contribution < 1.29 is 0 Å². The molecule has 1 aromatic rings. The van der Waals surface area contributed by atoms with Crippen molar-refractivity contribution in [2.75, 3.05) is 0 Å². The van der Waals surface area contributed by atoms with Gasteiger partial charge >= 0.3 is 0 Å². The molecule has 0 aromatic heterocycles. The van der Waals surface area contributed by atoms with E-state index in [1.54, 1.807) is 0 Å². The van der Waals surface area contributed by atoms with Gasteiger partial charge in [-0.25, -0.2) is 0 Å². The zero-order valence-corrected chi connectivity index (χ0v) is 9.14. The summed E-state index contributed by atoms with van der Waals surface area (Å²) in [6, 6.07) is 10.3. The summed E-state index contributed by atoms with van der Waals surface area (Å²) in [5, 5.41) is 0.730. The van der Waals surface area contributed by atoms with Gasteiger partial charge in [0.05, 0.1) is 0 Å². The molecule has 0 saturated carbocycles. The first-order valence-electron chi connectivity index (χ1n) is 4.66. The van der Waals surface area contributed by atoms with E-state index < -0.39 is 0 Å². The molecule has 0 heterocycles. The molecule has 1 aromatic carbocycles. The van der Waals surface area contributed by atoms with Crippen LogP contribution in [0.5, 0.6) is 0 Å². The minimum absolute atomic E-state index is 0.730. The lowest BCUT2D eigenvalue weighted by Gasteiger charge is -1.97. The third-order valence-electron chi connectivity index (χ3n) is 1.53. The third kappa shape index (κ3) is 6.41. The van der Waals surface area contributed by atoms with Crippen molar-refractivity contribution in [2.24, 2.45) is 0 Å². The molecule has 72 valence electrons. The van der Waals surface area contributed by atoms with Gasteiger partial charge < -0.3 is 0 Å². The molecule has 0 spiro atoms. The molecule has 0 unspecified atom stereocenters. The quantitative estimate of drug-likeness (QED) is 0.673. The Labute approximate surface area is 86.2 Å². The van der Waals surface area contributed by atoms with Gasteiger partial charge in [0, 0.05) is 5.03 Å². The van der Waals surface area contributed by atoms with E-state index in [2.05, 4.69) is 18.7 Å². The van der Waals surface area contributed by atoms with Gasteiger partial charge in [0.25, 0.3) is 0 Å². The summed E-state index contributed by atoms with van der Waals surface area (Å²) in [5.74, 6) is 0. The molecule has 0 aliphatic heterocycles. The fraction of sp³-hybridized carbons (Fsp3) is 0.333. The Kier molecular flexibility index (Phi) is 7.42. The van der Waals surface area contributed by atoms with Crippen molar-refractivity contribution in [2.45, 2.75) is 26.7 Å². The Morgan fingerprint density at radius 1 is 1.23 bits per heavy atom. The van der Waals surface area contributed by atoms with Crippen LogP contribution in [0, 0.1) is 0 Å². The number of aryl methyl sites for hydroxylation is 1. The number of rotatable bonds is 3. The van der Waals surface area contributed by atoms with E-state index in [0.717, 1.165) is 17.9 Å². The van der Waals surface area contributed by atoms with E-state index >= 15 is 0 Å². The molecule has 0 radical (unpaired) electrons. The lowest BCUT2D eigenvalue weighted by molar-refractivity contribution is 0.989. The van der Waals surface area contributed by atoms with Gasteiger partial charge in [0.15, 0.2) is 0 Å². The van der Waals surface area contributed by atoms with E-state index in [1.165, 1.54) is 5.56 Å². The van der Waals surface area contributed by atoms with Gasteiger partial charge in [-0.2, -0.15) is 0 Å². The van der Waals surface area contributed by atoms with E-state index in [-0.39, 0.29) is 0 Å². The van der Waals surface area contributed by atoms with Gasteiger partial charge in [-0.15, -0.1) is 0 Å². The molecule has 1 rings (SSSR count). The second-order valence-electron chi connectivity index (χ2n) is 2.50. The molecule has 0 aliphatic rings. The molecule has 0 nitrogen and oxygen atoms in total. The van der Waals surface area contributed by atoms with Crippen LogP contribution in [0.15, 0.2) is 41.9 Å². The summed E-state index contributed by atoms with van der Waals surface area (Å²) >= 11 is 5.63. The molecular formula is C12H17Cl. The first-order chi connectivity index (χ1) is 6.29. The van der Waals surface area contributed by atoms with Crippen molar-refractivity contribution in [1.29, 1.82) is 0 Å². The number of hydrogen-bond donors (Lipinski definition) is 0. The molecule has 0 saturated heterocycles. The van der Waals surface area contributed by atoms with E-state index in [9.17, 15) is 0 Å². The minimum atomic E-state index is 0.730. The Bertz CT molecular complexity index is 226. The molecule has 0 fully saturated rings. The van der Waals surface area contributed by atoms with Crippen molar-refractivity contribution in [3.05, 3.63) is 47.5 Å². The first kappa shape index (κ1) is 12.2.